The number of ether oxygens (including phenoxy) is 6. The van der Waals surface area contributed by atoms with Crippen molar-refractivity contribution in [3.8, 4) is 23.0 Å². The Labute approximate surface area is 279 Å². The quantitative estimate of drug-likeness (QED) is 0.111. The molecule has 0 unspecified atom stereocenters. The molecule has 0 aliphatic rings. The summed E-state index contributed by atoms with van der Waals surface area (Å²) in [5.41, 5.74) is 3.35. The predicted octanol–water partition coefficient (Wildman–Crippen LogP) is 7.45. The van der Waals surface area contributed by atoms with Crippen LogP contribution in [0.3, 0.4) is 0 Å². The Bertz CT molecular complexity index is 1720. The van der Waals surface area contributed by atoms with Gasteiger partial charge in [0.05, 0.1) is 5.56 Å². The third kappa shape index (κ3) is 11.2. The van der Waals surface area contributed by atoms with Crippen molar-refractivity contribution in [3.05, 3.63) is 150 Å². The van der Waals surface area contributed by atoms with Gasteiger partial charge >= 0.3 is 5.97 Å². The zero-order chi connectivity index (χ0) is 34.0. The van der Waals surface area contributed by atoms with Gasteiger partial charge in [-0.25, -0.2) is 4.79 Å². The van der Waals surface area contributed by atoms with E-state index in [0.717, 1.165) is 16.8 Å². The van der Waals surface area contributed by atoms with Gasteiger partial charge in [-0.1, -0.05) is 78.9 Å². The van der Waals surface area contributed by atoms with Crippen LogP contribution in [0.25, 0.3) is 0 Å². The van der Waals surface area contributed by atoms with Gasteiger partial charge in [0.25, 0.3) is 5.91 Å². The van der Waals surface area contributed by atoms with Crippen LogP contribution in [0.1, 0.15) is 31.8 Å². The van der Waals surface area contributed by atoms with E-state index in [-0.39, 0.29) is 25.1 Å². The molecule has 5 rings (SSSR count). The molecule has 0 atom stereocenters. The van der Waals surface area contributed by atoms with Gasteiger partial charge < -0.3 is 38.8 Å². The number of carboxylic acid groups (broad SMARTS) is 1. The van der Waals surface area contributed by atoms with Gasteiger partial charge in [0.15, 0.2) is 36.6 Å². The van der Waals surface area contributed by atoms with Crippen LogP contribution in [0, 0.1) is 0 Å². The first-order valence-corrected chi connectivity index (χ1v) is 14.9. The van der Waals surface area contributed by atoms with E-state index in [2.05, 4.69) is 5.32 Å². The van der Waals surface area contributed by atoms with Crippen LogP contribution >= 0.6 is 0 Å². The van der Waals surface area contributed by atoms with Crippen LogP contribution in [0.2, 0.25) is 0 Å². The summed E-state index contributed by atoms with van der Waals surface area (Å²) in [5, 5.41) is 12.0. The Morgan fingerprint density at radius 3 is 1.52 bits per heavy atom. The largest absolute Gasteiger partial charge is 0.485 e. The summed E-state index contributed by atoms with van der Waals surface area (Å²) >= 11 is 0. The van der Waals surface area contributed by atoms with E-state index in [9.17, 15) is 14.7 Å². The van der Waals surface area contributed by atoms with Gasteiger partial charge in [-0.2, -0.15) is 0 Å². The average molecular weight is 652 g/mol. The van der Waals surface area contributed by atoms with Gasteiger partial charge in [-0.15, -0.1) is 0 Å². The lowest BCUT2D eigenvalue weighted by molar-refractivity contribution is 0.0322. The summed E-state index contributed by atoms with van der Waals surface area (Å²) in [6, 6.07) is 38.2. The zero-order valence-corrected chi connectivity index (χ0v) is 26.7. The average Bonchev–Trinajstić information content (AvgIpc) is 3.13. The number of nitrogens with one attached hydrogen (secondary N) is 1. The fourth-order valence-corrected chi connectivity index (χ4v) is 4.19. The predicted molar refractivity (Wildman–Crippen MR) is 181 cm³/mol. The SMILES string of the molecule is COCOc1ccc(C(=O)Nc2ccccc2)cc1OCOC.O=C(O)c1ccc(OCc2ccccc2)c(OCc2ccccc2)c1. The van der Waals surface area contributed by atoms with Crippen molar-refractivity contribution in [1.82, 2.24) is 0 Å². The molecular weight excluding hydrogens is 614 g/mol. The van der Waals surface area contributed by atoms with Crippen molar-refractivity contribution in [3.63, 3.8) is 0 Å². The number of carbonyl (C=O) groups is 2. The number of amides is 1. The molecule has 0 radical (unpaired) electrons. The number of carboxylic acids is 1. The first-order chi connectivity index (χ1) is 23.5. The van der Waals surface area contributed by atoms with Gasteiger partial charge in [0.2, 0.25) is 0 Å². The second kappa shape index (κ2) is 19.0. The summed E-state index contributed by atoms with van der Waals surface area (Å²) < 4.78 is 32.3. The third-order valence-electron chi connectivity index (χ3n) is 6.57. The molecule has 48 heavy (non-hydrogen) atoms. The number of carbonyl (C=O) groups excluding carboxylic acids is 1. The van der Waals surface area contributed by atoms with E-state index in [1.54, 1.807) is 24.3 Å². The maximum absolute atomic E-state index is 12.3. The number of hydrogen-bond donors (Lipinski definition) is 2. The number of methoxy groups -OCH3 is 2. The standard InChI is InChI=1S/C21H18O4.C17H19NO5/c22-21(23)18-11-12-19(24-14-16-7-3-1-4-8-16)20(13-18)25-15-17-9-5-2-6-10-17;1-20-11-22-15-9-8-13(10-16(15)23-12-21-2)17(19)18-14-6-4-3-5-7-14/h1-13H,14-15H2,(H,22,23);3-10H,11-12H2,1-2H3,(H,18,19). The lowest BCUT2D eigenvalue weighted by Gasteiger charge is -2.14. The minimum absolute atomic E-state index is 0.0487. The van der Waals surface area contributed by atoms with Crippen LogP contribution in [0.15, 0.2) is 127 Å². The summed E-state index contributed by atoms with van der Waals surface area (Å²) in [4.78, 5) is 23.5. The Balaban J connectivity index is 0.000000218. The number of rotatable bonds is 15. The van der Waals surface area contributed by atoms with Crippen molar-refractivity contribution >= 4 is 17.6 Å². The van der Waals surface area contributed by atoms with E-state index in [4.69, 9.17) is 28.4 Å². The molecule has 0 fully saturated rings. The van der Waals surface area contributed by atoms with Crippen LogP contribution in [-0.2, 0) is 22.7 Å². The number of hydrogen-bond acceptors (Lipinski definition) is 8. The topological polar surface area (TPSA) is 122 Å². The molecular formula is C38H37NO9. The highest BCUT2D eigenvalue weighted by atomic mass is 16.7. The molecule has 10 nitrogen and oxygen atoms in total. The Hall–Kier alpha value is -5.84. The van der Waals surface area contributed by atoms with Gasteiger partial charge in [-0.3, -0.25) is 4.79 Å². The molecule has 0 bridgehead atoms. The van der Waals surface area contributed by atoms with E-state index >= 15 is 0 Å². The van der Waals surface area contributed by atoms with Gasteiger partial charge in [0, 0.05) is 25.5 Å². The molecule has 0 aliphatic carbocycles. The fourth-order valence-electron chi connectivity index (χ4n) is 4.19. The van der Waals surface area contributed by atoms with Crippen molar-refractivity contribution in [2.45, 2.75) is 13.2 Å². The highest BCUT2D eigenvalue weighted by molar-refractivity contribution is 6.04. The maximum atomic E-state index is 12.3. The Morgan fingerprint density at radius 2 is 0.979 bits per heavy atom. The second-order valence-corrected chi connectivity index (χ2v) is 10.1. The minimum Gasteiger partial charge on any atom is -0.485 e. The molecule has 5 aromatic rings. The molecule has 0 spiro atoms. The molecule has 0 heterocycles. The Kier molecular flexibility index (Phi) is 13.8. The molecule has 0 saturated carbocycles. The molecule has 0 saturated heterocycles. The van der Waals surface area contributed by atoms with Crippen LogP contribution < -0.4 is 24.3 Å². The molecule has 5 aromatic carbocycles. The van der Waals surface area contributed by atoms with E-state index in [1.807, 2.05) is 91.0 Å². The van der Waals surface area contributed by atoms with Crippen molar-refractivity contribution < 1.29 is 43.1 Å². The lowest BCUT2D eigenvalue weighted by Crippen LogP contribution is -2.12. The Morgan fingerprint density at radius 1 is 0.542 bits per heavy atom. The highest BCUT2D eigenvalue weighted by Gasteiger charge is 2.13. The zero-order valence-electron chi connectivity index (χ0n) is 26.7. The normalized spacial score (nSPS) is 10.2. The lowest BCUT2D eigenvalue weighted by atomic mass is 10.2. The van der Waals surface area contributed by atoms with Crippen molar-refractivity contribution in [2.24, 2.45) is 0 Å². The summed E-state index contributed by atoms with van der Waals surface area (Å²) in [7, 11) is 3.04. The first kappa shape index (κ1) is 35.0. The number of para-hydroxylation sites is 1. The number of anilines is 1. The van der Waals surface area contributed by atoms with E-state index in [0.29, 0.717) is 41.8 Å². The molecule has 1 amide bonds. The van der Waals surface area contributed by atoms with Crippen molar-refractivity contribution in [1.29, 1.82) is 0 Å². The highest BCUT2D eigenvalue weighted by Crippen LogP contribution is 2.31. The molecule has 10 heteroatoms. The molecule has 0 aliphatic heterocycles. The van der Waals surface area contributed by atoms with Crippen molar-refractivity contribution in [2.75, 3.05) is 33.1 Å². The first-order valence-electron chi connectivity index (χ1n) is 14.9. The minimum atomic E-state index is -1.00. The fraction of sp³-hybridized carbons (Fsp3) is 0.158. The summed E-state index contributed by atoms with van der Waals surface area (Å²) in [5.74, 6) is 0.574. The van der Waals surface area contributed by atoms with Gasteiger partial charge in [0.1, 0.15) is 13.2 Å². The van der Waals surface area contributed by atoms with Crippen LogP contribution in [0.5, 0.6) is 23.0 Å². The molecule has 2 N–H and O–H groups in total. The number of benzene rings is 5. The smallest absolute Gasteiger partial charge is 0.335 e. The monoisotopic (exact) mass is 651 g/mol. The second-order valence-electron chi connectivity index (χ2n) is 10.1. The van der Waals surface area contributed by atoms with Gasteiger partial charge in [-0.05, 0) is 59.7 Å². The van der Waals surface area contributed by atoms with E-state index < -0.39 is 5.97 Å². The molecule has 248 valence electrons. The van der Waals surface area contributed by atoms with E-state index in [1.165, 1.54) is 26.4 Å². The number of aromatic carboxylic acids is 1. The van der Waals surface area contributed by atoms with Crippen LogP contribution in [-0.4, -0.2) is 44.8 Å². The molecule has 0 aromatic heterocycles. The third-order valence-corrected chi connectivity index (χ3v) is 6.57. The summed E-state index contributed by atoms with van der Waals surface area (Å²) in [6.45, 7) is 0.854. The maximum Gasteiger partial charge on any atom is 0.335 e. The summed E-state index contributed by atoms with van der Waals surface area (Å²) in [6.07, 6.45) is 0. The van der Waals surface area contributed by atoms with Crippen LogP contribution in [0.4, 0.5) is 5.69 Å².